The molecule has 0 aromatic heterocycles. The predicted molar refractivity (Wildman–Crippen MR) is 71.0 cm³/mol. The van der Waals surface area contributed by atoms with Gasteiger partial charge in [0.15, 0.2) is 0 Å². The summed E-state index contributed by atoms with van der Waals surface area (Å²) >= 11 is 0. The third kappa shape index (κ3) is 3.49. The van der Waals surface area contributed by atoms with Gasteiger partial charge in [-0.1, -0.05) is 30.3 Å². The fourth-order valence-electron chi connectivity index (χ4n) is 1.84. The van der Waals surface area contributed by atoms with Crippen LogP contribution in [0, 0.1) is 0 Å². The van der Waals surface area contributed by atoms with Crippen molar-refractivity contribution in [3.63, 3.8) is 0 Å². The van der Waals surface area contributed by atoms with E-state index >= 15 is 0 Å². The summed E-state index contributed by atoms with van der Waals surface area (Å²) < 4.78 is 50.0. The summed E-state index contributed by atoms with van der Waals surface area (Å²) in [5.74, 6) is -1.62. The maximum Gasteiger partial charge on any atom is 0.426 e. The van der Waals surface area contributed by atoms with Gasteiger partial charge in [0.2, 0.25) is 0 Å². The molecule has 0 unspecified atom stereocenters. The van der Waals surface area contributed by atoms with Crippen LogP contribution in [0.5, 0.6) is 0 Å². The van der Waals surface area contributed by atoms with Gasteiger partial charge >= 0.3 is 18.2 Å². The molecule has 0 aliphatic rings. The van der Waals surface area contributed by atoms with Crippen LogP contribution in [0.1, 0.15) is 19.4 Å². The number of alkyl carbamates (subject to hydrolysis) is 1. The van der Waals surface area contributed by atoms with Crippen LogP contribution in [0.15, 0.2) is 30.3 Å². The maximum atomic E-state index is 13.7. The Morgan fingerprint density at radius 1 is 1.05 bits per heavy atom. The number of benzene rings is 1. The van der Waals surface area contributed by atoms with Crippen molar-refractivity contribution in [3.05, 3.63) is 35.9 Å². The molecular weight excluding hydrogens is 303 g/mol. The van der Waals surface area contributed by atoms with E-state index in [4.69, 9.17) is 0 Å². The zero-order valence-electron chi connectivity index (χ0n) is 12.1. The Morgan fingerprint density at radius 3 is 2.05 bits per heavy atom. The lowest BCUT2D eigenvalue weighted by Crippen LogP contribution is -2.62. The maximum absolute atomic E-state index is 13.7. The van der Waals surface area contributed by atoms with Gasteiger partial charge in [0.25, 0.3) is 5.54 Å². The first-order valence-electron chi connectivity index (χ1n) is 6.54. The molecule has 0 aliphatic heterocycles. The van der Waals surface area contributed by atoms with Gasteiger partial charge in [-0.15, -0.1) is 0 Å². The van der Waals surface area contributed by atoms with Crippen molar-refractivity contribution in [1.29, 1.82) is 0 Å². The molecule has 0 radical (unpaired) electrons. The molecule has 22 heavy (non-hydrogen) atoms. The van der Waals surface area contributed by atoms with E-state index in [0.717, 1.165) is 12.1 Å². The van der Waals surface area contributed by atoms with Crippen molar-refractivity contribution in [2.75, 3.05) is 13.2 Å². The molecule has 5 nitrogen and oxygen atoms in total. The van der Waals surface area contributed by atoms with Crippen LogP contribution in [0.25, 0.3) is 0 Å². The number of amides is 1. The average Bonchev–Trinajstić information content (AvgIpc) is 2.45. The molecule has 0 fully saturated rings. The lowest BCUT2D eigenvalue weighted by atomic mass is 9.89. The summed E-state index contributed by atoms with van der Waals surface area (Å²) in [5.41, 5.74) is -3.79. The first kappa shape index (κ1) is 17.8. The molecule has 0 saturated carbocycles. The molecule has 0 saturated heterocycles. The van der Waals surface area contributed by atoms with Gasteiger partial charge in [-0.3, -0.25) is 5.32 Å². The highest BCUT2D eigenvalue weighted by Crippen LogP contribution is 2.40. The summed E-state index contributed by atoms with van der Waals surface area (Å²) in [6.45, 7) is 2.39. The number of hydrogen-bond acceptors (Lipinski definition) is 4. The Hall–Kier alpha value is -2.25. The minimum Gasteiger partial charge on any atom is -0.464 e. The van der Waals surface area contributed by atoms with Gasteiger partial charge < -0.3 is 9.47 Å². The highest BCUT2D eigenvalue weighted by Gasteiger charge is 2.64. The lowest BCUT2D eigenvalue weighted by Gasteiger charge is -2.33. The third-order valence-corrected chi connectivity index (χ3v) is 2.78. The molecule has 1 N–H and O–H groups in total. The van der Waals surface area contributed by atoms with Gasteiger partial charge in [-0.2, -0.15) is 13.2 Å². The molecule has 0 spiro atoms. The molecule has 8 heteroatoms. The highest BCUT2D eigenvalue weighted by atomic mass is 19.4. The van der Waals surface area contributed by atoms with E-state index < -0.39 is 29.3 Å². The van der Waals surface area contributed by atoms with Gasteiger partial charge in [0.1, 0.15) is 0 Å². The number of alkyl halides is 3. The number of carbonyl (C=O) groups excluding carboxylic acids is 2. The molecule has 1 rings (SSSR count). The first-order chi connectivity index (χ1) is 10.3. The fourth-order valence-corrected chi connectivity index (χ4v) is 1.84. The van der Waals surface area contributed by atoms with E-state index in [2.05, 4.69) is 9.47 Å². The van der Waals surface area contributed by atoms with E-state index in [1.54, 1.807) is 5.32 Å². The lowest BCUT2D eigenvalue weighted by molar-refractivity contribution is -0.215. The molecule has 0 aliphatic carbocycles. The predicted octanol–water partition coefficient (Wildman–Crippen LogP) is 2.75. The van der Waals surface area contributed by atoms with Crippen LogP contribution < -0.4 is 5.32 Å². The van der Waals surface area contributed by atoms with E-state index in [0.29, 0.717) is 0 Å². The van der Waals surface area contributed by atoms with E-state index in [1.807, 2.05) is 0 Å². The Morgan fingerprint density at radius 2 is 1.59 bits per heavy atom. The van der Waals surface area contributed by atoms with E-state index in [-0.39, 0.29) is 13.2 Å². The molecule has 1 atom stereocenters. The Bertz CT molecular complexity index is 519. The number of halogens is 3. The van der Waals surface area contributed by atoms with Crippen LogP contribution in [-0.2, 0) is 19.8 Å². The second-order valence-electron chi connectivity index (χ2n) is 4.18. The van der Waals surface area contributed by atoms with Crippen molar-refractivity contribution in [2.45, 2.75) is 25.6 Å². The number of rotatable bonds is 5. The largest absolute Gasteiger partial charge is 0.464 e. The fraction of sp³-hybridized carbons (Fsp3) is 0.429. The zero-order valence-corrected chi connectivity index (χ0v) is 12.1. The minimum atomic E-state index is -5.12. The van der Waals surface area contributed by atoms with Crippen LogP contribution in [0.2, 0.25) is 0 Å². The smallest absolute Gasteiger partial charge is 0.426 e. The van der Waals surface area contributed by atoms with Crippen molar-refractivity contribution < 1.29 is 32.2 Å². The SMILES string of the molecule is CCOC(=O)N[C@@](C(=O)OCC)(c1ccccc1)C(F)(F)F. The third-order valence-electron chi connectivity index (χ3n) is 2.78. The monoisotopic (exact) mass is 319 g/mol. The molecule has 0 heterocycles. The molecule has 122 valence electrons. The van der Waals surface area contributed by atoms with Crippen molar-refractivity contribution in [1.82, 2.24) is 5.32 Å². The second kappa shape index (κ2) is 7.15. The van der Waals surface area contributed by atoms with Crippen LogP contribution in [0.4, 0.5) is 18.0 Å². The second-order valence-corrected chi connectivity index (χ2v) is 4.18. The normalized spacial score (nSPS) is 13.9. The zero-order chi connectivity index (χ0) is 16.8. The van der Waals surface area contributed by atoms with Crippen molar-refractivity contribution in [2.24, 2.45) is 0 Å². The van der Waals surface area contributed by atoms with Crippen LogP contribution in [0.3, 0.4) is 0 Å². The number of esters is 1. The summed E-state index contributed by atoms with van der Waals surface area (Å²) in [6.07, 6.45) is -6.48. The molecular formula is C14H16F3NO4. The van der Waals surface area contributed by atoms with Crippen molar-refractivity contribution >= 4 is 12.1 Å². The Labute approximate surface area is 125 Å². The number of hydrogen-bond donors (Lipinski definition) is 1. The van der Waals surface area contributed by atoms with Crippen molar-refractivity contribution in [3.8, 4) is 0 Å². The molecule has 1 aromatic rings. The van der Waals surface area contributed by atoms with Gasteiger partial charge in [-0.25, -0.2) is 9.59 Å². The highest BCUT2D eigenvalue weighted by molar-refractivity contribution is 5.88. The molecule has 0 bridgehead atoms. The average molecular weight is 319 g/mol. The molecule has 1 aromatic carbocycles. The molecule has 1 amide bonds. The number of ether oxygens (including phenoxy) is 2. The topological polar surface area (TPSA) is 64.6 Å². The Balaban J connectivity index is 3.44. The number of carbonyl (C=O) groups is 2. The van der Waals surface area contributed by atoms with Gasteiger partial charge in [0.05, 0.1) is 13.2 Å². The quantitative estimate of drug-likeness (QED) is 0.848. The van der Waals surface area contributed by atoms with Gasteiger partial charge in [-0.05, 0) is 19.4 Å². The Kier molecular flexibility index (Phi) is 5.78. The summed E-state index contributed by atoms with van der Waals surface area (Å²) in [7, 11) is 0. The standard InChI is InChI=1S/C14H16F3NO4/c1-3-21-11(19)13(14(15,16)17,18-12(20)22-4-2)10-8-6-5-7-9-10/h5-9H,3-4H2,1-2H3,(H,18,20)/t13-/m1/s1. The van der Waals surface area contributed by atoms with Crippen LogP contribution in [-0.4, -0.2) is 31.5 Å². The van der Waals surface area contributed by atoms with Gasteiger partial charge in [0, 0.05) is 0 Å². The van der Waals surface area contributed by atoms with Crippen LogP contribution >= 0.6 is 0 Å². The summed E-state index contributed by atoms with van der Waals surface area (Å²) in [4.78, 5) is 23.6. The summed E-state index contributed by atoms with van der Waals surface area (Å²) in [6, 6.07) is 6.29. The summed E-state index contributed by atoms with van der Waals surface area (Å²) in [5, 5.41) is 1.61. The van der Waals surface area contributed by atoms with E-state index in [1.165, 1.54) is 32.0 Å². The first-order valence-corrected chi connectivity index (χ1v) is 6.54. The number of nitrogens with one attached hydrogen (secondary N) is 1. The van der Waals surface area contributed by atoms with E-state index in [9.17, 15) is 22.8 Å². The minimum absolute atomic E-state index is 0.141.